The van der Waals surface area contributed by atoms with Crippen molar-refractivity contribution in [3.63, 3.8) is 0 Å². The molecule has 1 aliphatic rings. The monoisotopic (exact) mass is 478 g/mol. The Morgan fingerprint density at radius 1 is 1.03 bits per heavy atom. The normalized spacial score (nSPS) is 13.9. The SMILES string of the molecule is CC(=O)NC(Cc1ccccc1)C(=O)NN1C(=O)c2c(C(C)C)nc3ccc(Cl)cc3c2C1=O. The van der Waals surface area contributed by atoms with Crippen molar-refractivity contribution in [2.75, 3.05) is 0 Å². The van der Waals surface area contributed by atoms with E-state index in [1.54, 1.807) is 18.2 Å². The topological polar surface area (TPSA) is 108 Å². The van der Waals surface area contributed by atoms with Gasteiger partial charge in [0.2, 0.25) is 5.91 Å². The molecule has 1 unspecified atom stereocenters. The smallest absolute Gasteiger partial charge is 0.282 e. The van der Waals surface area contributed by atoms with E-state index in [1.165, 1.54) is 6.92 Å². The van der Waals surface area contributed by atoms with Gasteiger partial charge in [-0.05, 0) is 29.7 Å². The third-order valence-corrected chi connectivity index (χ3v) is 5.79. The molecule has 1 atom stereocenters. The van der Waals surface area contributed by atoms with Crippen LogP contribution in [-0.2, 0) is 16.0 Å². The maximum absolute atomic E-state index is 13.4. The first-order chi connectivity index (χ1) is 16.2. The van der Waals surface area contributed by atoms with Gasteiger partial charge in [0.1, 0.15) is 6.04 Å². The molecule has 34 heavy (non-hydrogen) atoms. The number of pyridine rings is 1. The zero-order valence-electron chi connectivity index (χ0n) is 18.9. The predicted molar refractivity (Wildman–Crippen MR) is 127 cm³/mol. The summed E-state index contributed by atoms with van der Waals surface area (Å²) in [6.45, 7) is 5.04. The summed E-state index contributed by atoms with van der Waals surface area (Å²) in [6, 6.07) is 13.1. The Bertz CT molecular complexity index is 1320. The van der Waals surface area contributed by atoms with Crippen LogP contribution in [0.4, 0.5) is 0 Å². The maximum Gasteiger partial charge on any atom is 0.282 e. The van der Waals surface area contributed by atoms with E-state index >= 15 is 0 Å². The highest BCUT2D eigenvalue weighted by atomic mass is 35.5. The molecule has 0 fully saturated rings. The number of benzene rings is 2. The average Bonchev–Trinajstić information content (AvgIpc) is 3.03. The maximum atomic E-state index is 13.4. The highest BCUT2D eigenvalue weighted by molar-refractivity contribution is 6.32. The Hall–Kier alpha value is -3.78. The molecule has 2 aromatic carbocycles. The first-order valence-corrected chi connectivity index (χ1v) is 11.2. The molecule has 2 N–H and O–H groups in total. The lowest BCUT2D eigenvalue weighted by Crippen LogP contribution is -2.54. The second-order valence-corrected chi connectivity index (χ2v) is 8.86. The molecule has 0 saturated heterocycles. The predicted octanol–water partition coefficient (Wildman–Crippen LogP) is 3.39. The molecule has 3 aromatic rings. The highest BCUT2D eigenvalue weighted by Gasteiger charge is 2.42. The van der Waals surface area contributed by atoms with Crippen molar-refractivity contribution < 1.29 is 19.2 Å². The number of hydrogen-bond acceptors (Lipinski definition) is 5. The van der Waals surface area contributed by atoms with Gasteiger partial charge in [0.05, 0.1) is 22.3 Å². The number of nitrogens with one attached hydrogen (secondary N) is 2. The second-order valence-electron chi connectivity index (χ2n) is 8.43. The molecule has 0 spiro atoms. The van der Waals surface area contributed by atoms with Gasteiger partial charge in [-0.3, -0.25) is 29.6 Å². The van der Waals surface area contributed by atoms with Crippen molar-refractivity contribution in [2.45, 2.75) is 39.2 Å². The summed E-state index contributed by atoms with van der Waals surface area (Å²) in [6.07, 6.45) is 0.187. The Morgan fingerprint density at radius 2 is 1.71 bits per heavy atom. The van der Waals surface area contributed by atoms with E-state index in [0.29, 0.717) is 26.6 Å². The Labute approximate surface area is 201 Å². The number of hydrazine groups is 1. The lowest BCUT2D eigenvalue weighted by atomic mass is 9.97. The lowest BCUT2D eigenvalue weighted by molar-refractivity contribution is -0.130. The van der Waals surface area contributed by atoms with E-state index in [-0.39, 0.29) is 23.5 Å². The van der Waals surface area contributed by atoms with Crippen LogP contribution in [0.15, 0.2) is 48.5 Å². The largest absolute Gasteiger partial charge is 0.344 e. The number of halogens is 1. The number of fused-ring (bicyclic) bond motifs is 3. The first-order valence-electron chi connectivity index (χ1n) is 10.8. The van der Waals surface area contributed by atoms with E-state index in [4.69, 9.17) is 11.6 Å². The van der Waals surface area contributed by atoms with Crippen molar-refractivity contribution in [3.05, 3.63) is 75.9 Å². The number of aromatic nitrogens is 1. The third-order valence-electron chi connectivity index (χ3n) is 5.55. The minimum atomic E-state index is -0.988. The molecule has 0 aliphatic carbocycles. The fourth-order valence-corrected chi connectivity index (χ4v) is 4.19. The fraction of sp³-hybridized carbons (Fsp3) is 0.240. The summed E-state index contributed by atoms with van der Waals surface area (Å²) in [4.78, 5) is 56.1. The van der Waals surface area contributed by atoms with Crippen LogP contribution in [0.2, 0.25) is 5.02 Å². The van der Waals surface area contributed by atoms with Crippen LogP contribution < -0.4 is 10.7 Å². The van der Waals surface area contributed by atoms with Crippen molar-refractivity contribution >= 4 is 46.1 Å². The number of carbonyl (C=O) groups is 4. The van der Waals surface area contributed by atoms with Gasteiger partial charge in [0, 0.05) is 23.8 Å². The molecule has 0 saturated carbocycles. The standard InChI is InChI=1S/C25H23ClN4O4/c1-13(2)22-21-20(17-12-16(26)9-10-18(17)28-22)24(33)30(25(21)34)29-23(32)19(27-14(3)31)11-15-7-5-4-6-8-15/h4-10,12-13,19H,11H2,1-3H3,(H,27,31)(H,29,32). The quantitative estimate of drug-likeness (QED) is 0.528. The number of rotatable bonds is 6. The third kappa shape index (κ3) is 4.36. The number of carbonyl (C=O) groups excluding carboxylic acids is 4. The van der Waals surface area contributed by atoms with Crippen LogP contribution in [0.3, 0.4) is 0 Å². The Kier molecular flexibility index (Phi) is 6.34. The van der Waals surface area contributed by atoms with Crippen molar-refractivity contribution in [2.24, 2.45) is 0 Å². The van der Waals surface area contributed by atoms with E-state index in [1.807, 2.05) is 44.2 Å². The van der Waals surface area contributed by atoms with Gasteiger partial charge in [-0.2, -0.15) is 5.01 Å². The number of nitrogens with zero attached hydrogens (tertiary/aromatic N) is 2. The van der Waals surface area contributed by atoms with E-state index in [2.05, 4.69) is 15.7 Å². The van der Waals surface area contributed by atoms with E-state index in [9.17, 15) is 19.2 Å². The van der Waals surface area contributed by atoms with Gasteiger partial charge in [-0.15, -0.1) is 0 Å². The molecule has 4 amide bonds. The molecule has 174 valence electrons. The number of amides is 4. The highest BCUT2D eigenvalue weighted by Crippen LogP contribution is 2.34. The van der Waals surface area contributed by atoms with Crippen LogP contribution in [0, 0.1) is 0 Å². The molecule has 8 nitrogen and oxygen atoms in total. The van der Waals surface area contributed by atoms with Crippen LogP contribution in [0.5, 0.6) is 0 Å². The van der Waals surface area contributed by atoms with Crippen LogP contribution in [0.25, 0.3) is 10.9 Å². The molecule has 1 aromatic heterocycles. The van der Waals surface area contributed by atoms with Crippen molar-refractivity contribution in [1.82, 2.24) is 20.7 Å². The molecular formula is C25H23ClN4O4. The van der Waals surface area contributed by atoms with Gasteiger partial charge in [-0.25, -0.2) is 0 Å². The minimum absolute atomic E-state index is 0.147. The van der Waals surface area contributed by atoms with E-state index in [0.717, 1.165) is 5.56 Å². The molecular weight excluding hydrogens is 456 g/mol. The van der Waals surface area contributed by atoms with Gasteiger partial charge >= 0.3 is 0 Å². The molecule has 1 aliphatic heterocycles. The van der Waals surface area contributed by atoms with Gasteiger partial charge in [0.25, 0.3) is 17.7 Å². The van der Waals surface area contributed by atoms with E-state index < -0.39 is 29.7 Å². The van der Waals surface area contributed by atoms with Gasteiger partial charge < -0.3 is 5.32 Å². The molecule has 0 radical (unpaired) electrons. The molecule has 0 bridgehead atoms. The summed E-state index contributed by atoms with van der Waals surface area (Å²) in [5.74, 6) is -2.59. The zero-order chi connectivity index (χ0) is 24.6. The molecule has 9 heteroatoms. The first kappa shape index (κ1) is 23.4. The van der Waals surface area contributed by atoms with Crippen molar-refractivity contribution in [1.29, 1.82) is 0 Å². The summed E-state index contributed by atoms with van der Waals surface area (Å²) in [5, 5.41) is 4.11. The summed E-state index contributed by atoms with van der Waals surface area (Å²) in [7, 11) is 0. The Balaban J connectivity index is 1.70. The van der Waals surface area contributed by atoms with Gasteiger partial charge in [0.15, 0.2) is 0 Å². The molecule has 4 rings (SSSR count). The van der Waals surface area contributed by atoms with Gasteiger partial charge in [-0.1, -0.05) is 55.8 Å². The lowest BCUT2D eigenvalue weighted by Gasteiger charge is -2.21. The average molecular weight is 479 g/mol. The van der Waals surface area contributed by atoms with Crippen LogP contribution >= 0.6 is 11.6 Å². The summed E-state index contributed by atoms with van der Waals surface area (Å²) < 4.78 is 0. The summed E-state index contributed by atoms with van der Waals surface area (Å²) in [5.41, 5.74) is 4.52. The van der Waals surface area contributed by atoms with Crippen LogP contribution in [0.1, 0.15) is 58.7 Å². The zero-order valence-corrected chi connectivity index (χ0v) is 19.6. The summed E-state index contributed by atoms with van der Waals surface area (Å²) >= 11 is 6.15. The number of hydrogen-bond donors (Lipinski definition) is 2. The minimum Gasteiger partial charge on any atom is -0.344 e. The Morgan fingerprint density at radius 3 is 2.35 bits per heavy atom. The molecule has 2 heterocycles. The second kappa shape index (κ2) is 9.23. The van der Waals surface area contributed by atoms with Crippen molar-refractivity contribution in [3.8, 4) is 0 Å². The fourth-order valence-electron chi connectivity index (χ4n) is 4.02. The number of imide groups is 1. The van der Waals surface area contributed by atoms with Crippen LogP contribution in [-0.4, -0.2) is 39.7 Å².